The summed E-state index contributed by atoms with van der Waals surface area (Å²) >= 11 is 0. The Bertz CT molecular complexity index is 726. The highest BCUT2D eigenvalue weighted by Crippen LogP contribution is 2.31. The quantitative estimate of drug-likeness (QED) is 0.826. The summed E-state index contributed by atoms with van der Waals surface area (Å²) in [6, 6.07) is 12.0. The van der Waals surface area contributed by atoms with Gasteiger partial charge in [-0.25, -0.2) is 8.78 Å². The lowest BCUT2D eigenvalue weighted by atomic mass is 9.95. The van der Waals surface area contributed by atoms with Crippen molar-refractivity contribution in [2.75, 3.05) is 7.05 Å². The minimum atomic E-state index is -0.335. The zero-order valence-corrected chi connectivity index (χ0v) is 11.9. The molecule has 2 aromatic carbocycles. The van der Waals surface area contributed by atoms with Crippen molar-refractivity contribution >= 4 is 11.5 Å². The number of amides is 1. The van der Waals surface area contributed by atoms with Gasteiger partial charge in [0, 0.05) is 18.7 Å². The molecule has 0 radical (unpaired) electrons. The first kappa shape index (κ1) is 14.2. The Labute approximate surface area is 127 Å². The van der Waals surface area contributed by atoms with Gasteiger partial charge in [0.15, 0.2) is 0 Å². The van der Waals surface area contributed by atoms with Gasteiger partial charge in [-0.15, -0.1) is 0 Å². The van der Waals surface area contributed by atoms with Crippen LogP contribution in [0.4, 0.5) is 8.78 Å². The molecule has 2 nitrogen and oxygen atoms in total. The first-order valence-electron chi connectivity index (χ1n) is 6.78. The van der Waals surface area contributed by atoms with Crippen LogP contribution in [0, 0.1) is 11.6 Å². The Hall–Kier alpha value is -2.75. The van der Waals surface area contributed by atoms with Gasteiger partial charge >= 0.3 is 0 Å². The Morgan fingerprint density at radius 3 is 1.64 bits per heavy atom. The number of likely N-dealkylation sites (N-methyl/N-ethyl adjacent to an activating group) is 1. The summed E-state index contributed by atoms with van der Waals surface area (Å²) in [7, 11) is 1.67. The van der Waals surface area contributed by atoms with Crippen LogP contribution in [0.1, 0.15) is 11.1 Å². The predicted molar refractivity (Wildman–Crippen MR) is 80.7 cm³/mol. The third kappa shape index (κ3) is 2.55. The normalized spacial score (nSPS) is 13.9. The molecule has 0 atom stereocenters. The summed E-state index contributed by atoms with van der Waals surface area (Å²) in [6.07, 6.45) is 3.19. The molecule has 0 aromatic heterocycles. The summed E-state index contributed by atoms with van der Waals surface area (Å²) in [5.74, 6) is -0.797. The number of nitrogens with zero attached hydrogens (tertiary/aromatic N) is 1. The van der Waals surface area contributed by atoms with E-state index < -0.39 is 0 Å². The van der Waals surface area contributed by atoms with Gasteiger partial charge < -0.3 is 4.90 Å². The second kappa shape index (κ2) is 5.56. The summed E-state index contributed by atoms with van der Waals surface area (Å²) in [5.41, 5.74) is 2.97. The molecule has 4 heteroatoms. The number of carbonyl (C=O) groups excluding carboxylic acids is 1. The molecule has 1 aliphatic heterocycles. The maximum atomic E-state index is 13.2. The van der Waals surface area contributed by atoms with Crippen molar-refractivity contribution in [1.82, 2.24) is 4.90 Å². The summed E-state index contributed by atoms with van der Waals surface area (Å²) in [6.45, 7) is 0. The Morgan fingerprint density at radius 2 is 1.27 bits per heavy atom. The number of halogens is 2. The Morgan fingerprint density at radius 1 is 0.818 bits per heavy atom. The van der Waals surface area contributed by atoms with Crippen LogP contribution in [0.3, 0.4) is 0 Å². The molecule has 1 aliphatic rings. The number of rotatable bonds is 2. The van der Waals surface area contributed by atoms with Gasteiger partial charge in [0.05, 0.1) is 5.70 Å². The average Bonchev–Trinajstić information content (AvgIpc) is 2.84. The second-order valence-corrected chi connectivity index (χ2v) is 5.00. The average molecular weight is 297 g/mol. The van der Waals surface area contributed by atoms with E-state index in [4.69, 9.17) is 0 Å². The molecule has 110 valence electrons. The molecule has 22 heavy (non-hydrogen) atoms. The third-order valence-corrected chi connectivity index (χ3v) is 3.60. The fourth-order valence-corrected chi connectivity index (χ4v) is 2.44. The van der Waals surface area contributed by atoms with Crippen LogP contribution < -0.4 is 0 Å². The minimum Gasteiger partial charge on any atom is -0.311 e. The molecule has 2 aromatic rings. The van der Waals surface area contributed by atoms with Crippen LogP contribution >= 0.6 is 0 Å². The first-order chi connectivity index (χ1) is 10.6. The van der Waals surface area contributed by atoms with Crippen molar-refractivity contribution in [3.05, 3.63) is 89.1 Å². The second-order valence-electron chi connectivity index (χ2n) is 5.00. The zero-order valence-electron chi connectivity index (χ0n) is 11.9. The van der Waals surface area contributed by atoms with Crippen molar-refractivity contribution < 1.29 is 13.6 Å². The number of carbonyl (C=O) groups is 1. The monoisotopic (exact) mass is 297 g/mol. The molecule has 0 unspecified atom stereocenters. The topological polar surface area (TPSA) is 20.3 Å². The molecular formula is C18H13F2NO. The molecule has 1 amide bonds. The maximum Gasteiger partial charge on any atom is 0.250 e. The van der Waals surface area contributed by atoms with Crippen LogP contribution in [-0.4, -0.2) is 17.9 Å². The molecule has 0 saturated carbocycles. The lowest BCUT2D eigenvalue weighted by Crippen LogP contribution is -2.19. The van der Waals surface area contributed by atoms with E-state index in [0.717, 1.165) is 16.7 Å². The Balaban J connectivity index is 2.21. The van der Waals surface area contributed by atoms with Gasteiger partial charge in [-0.1, -0.05) is 24.3 Å². The molecule has 0 saturated heterocycles. The van der Waals surface area contributed by atoms with Crippen LogP contribution in [0.15, 0.2) is 66.4 Å². The Kier molecular flexibility index (Phi) is 3.59. The van der Waals surface area contributed by atoms with Crippen molar-refractivity contribution in [2.24, 2.45) is 0 Å². The van der Waals surface area contributed by atoms with Gasteiger partial charge in [-0.2, -0.15) is 0 Å². The third-order valence-electron chi connectivity index (χ3n) is 3.60. The van der Waals surface area contributed by atoms with Crippen molar-refractivity contribution in [3.63, 3.8) is 0 Å². The van der Waals surface area contributed by atoms with Crippen molar-refractivity contribution in [3.8, 4) is 0 Å². The smallest absolute Gasteiger partial charge is 0.250 e. The predicted octanol–water partition coefficient (Wildman–Crippen LogP) is 3.75. The van der Waals surface area contributed by atoms with Gasteiger partial charge in [0.2, 0.25) is 0 Å². The van der Waals surface area contributed by atoms with Gasteiger partial charge in [-0.3, -0.25) is 4.79 Å². The number of benzene rings is 2. The number of allylic oxidation sites excluding steroid dienone is 1. The van der Waals surface area contributed by atoms with E-state index >= 15 is 0 Å². The highest BCUT2D eigenvalue weighted by Gasteiger charge is 2.21. The van der Waals surface area contributed by atoms with E-state index in [1.54, 1.807) is 37.4 Å². The largest absolute Gasteiger partial charge is 0.311 e. The van der Waals surface area contributed by atoms with Crippen LogP contribution in [0.2, 0.25) is 0 Å². The standard InChI is InChI=1S/C18H13F2NO/c1-21-16(10-11-17(21)22)18(12-2-6-14(19)7-3-12)13-4-8-15(20)9-5-13/h2-11H,1H3. The van der Waals surface area contributed by atoms with Gasteiger partial charge in [0.1, 0.15) is 11.6 Å². The highest BCUT2D eigenvalue weighted by molar-refractivity contribution is 5.97. The fraction of sp³-hybridized carbons (Fsp3) is 0.0556. The van der Waals surface area contributed by atoms with Crippen LogP contribution in [0.25, 0.3) is 5.57 Å². The zero-order chi connectivity index (χ0) is 15.7. The highest BCUT2D eigenvalue weighted by atomic mass is 19.1. The fourth-order valence-electron chi connectivity index (χ4n) is 2.44. The SMILES string of the molecule is CN1C(=O)C=CC1=C(c1ccc(F)cc1)c1ccc(F)cc1. The van der Waals surface area contributed by atoms with E-state index in [0.29, 0.717) is 5.70 Å². The van der Waals surface area contributed by atoms with E-state index in [1.165, 1.54) is 35.2 Å². The minimum absolute atomic E-state index is 0.128. The maximum absolute atomic E-state index is 13.2. The molecule has 0 spiro atoms. The molecule has 0 aliphatic carbocycles. The van der Waals surface area contributed by atoms with Gasteiger partial charge in [0.25, 0.3) is 5.91 Å². The molecular weight excluding hydrogens is 284 g/mol. The van der Waals surface area contributed by atoms with Crippen LogP contribution in [-0.2, 0) is 4.79 Å². The van der Waals surface area contributed by atoms with Crippen molar-refractivity contribution in [1.29, 1.82) is 0 Å². The lowest BCUT2D eigenvalue weighted by molar-refractivity contribution is -0.122. The van der Waals surface area contributed by atoms with E-state index in [2.05, 4.69) is 0 Å². The summed E-state index contributed by atoms with van der Waals surface area (Å²) in [4.78, 5) is 13.3. The lowest BCUT2D eigenvalue weighted by Gasteiger charge is -2.18. The molecule has 0 N–H and O–H groups in total. The molecule has 3 rings (SSSR count). The summed E-state index contributed by atoms with van der Waals surface area (Å²) in [5, 5.41) is 0. The number of hydrogen-bond donors (Lipinski definition) is 0. The summed E-state index contributed by atoms with van der Waals surface area (Å²) < 4.78 is 26.4. The first-order valence-corrected chi connectivity index (χ1v) is 6.78. The molecule has 0 fully saturated rings. The number of hydrogen-bond acceptors (Lipinski definition) is 1. The van der Waals surface area contributed by atoms with Gasteiger partial charge in [-0.05, 0) is 41.5 Å². The van der Waals surface area contributed by atoms with E-state index in [1.807, 2.05) is 0 Å². The van der Waals surface area contributed by atoms with E-state index in [9.17, 15) is 13.6 Å². The van der Waals surface area contributed by atoms with E-state index in [-0.39, 0.29) is 17.5 Å². The van der Waals surface area contributed by atoms with Crippen molar-refractivity contribution in [2.45, 2.75) is 0 Å². The van der Waals surface area contributed by atoms with Crippen LogP contribution in [0.5, 0.6) is 0 Å². The molecule has 1 heterocycles. The molecule has 0 bridgehead atoms.